The third-order valence-electron chi connectivity index (χ3n) is 2.36. The van der Waals surface area contributed by atoms with Gasteiger partial charge in [-0.3, -0.25) is 4.79 Å². The zero-order chi connectivity index (χ0) is 13.3. The summed E-state index contributed by atoms with van der Waals surface area (Å²) in [5.74, 6) is 0.186. The van der Waals surface area contributed by atoms with E-state index in [2.05, 4.69) is 17.6 Å². The Morgan fingerprint density at radius 3 is 2.78 bits per heavy atom. The second kappa shape index (κ2) is 4.99. The molecule has 7 heteroatoms. The SMILES string of the molecule is CS(=O)(=O)c1ccc2nc(CC(=O)CS)sc2c1. The van der Waals surface area contributed by atoms with Crippen LogP contribution in [0.2, 0.25) is 0 Å². The second-order valence-electron chi connectivity index (χ2n) is 3.88. The first-order chi connectivity index (χ1) is 8.40. The van der Waals surface area contributed by atoms with Crippen LogP contribution in [0.3, 0.4) is 0 Å². The largest absolute Gasteiger partial charge is 0.298 e. The molecule has 0 N–H and O–H groups in total. The van der Waals surface area contributed by atoms with Crippen LogP contribution in [-0.4, -0.2) is 31.2 Å². The molecule has 0 aliphatic carbocycles. The van der Waals surface area contributed by atoms with Gasteiger partial charge in [0.25, 0.3) is 0 Å². The van der Waals surface area contributed by atoms with Gasteiger partial charge in [-0.05, 0) is 18.2 Å². The van der Waals surface area contributed by atoms with Crippen molar-refractivity contribution in [3.63, 3.8) is 0 Å². The molecule has 0 spiro atoms. The van der Waals surface area contributed by atoms with Crippen molar-refractivity contribution in [2.75, 3.05) is 12.0 Å². The lowest BCUT2D eigenvalue weighted by molar-refractivity contribution is -0.115. The molecule has 0 atom stereocenters. The summed E-state index contributed by atoms with van der Waals surface area (Å²) < 4.78 is 23.6. The maximum atomic E-state index is 11.4. The first-order valence-corrected chi connectivity index (χ1v) is 8.46. The van der Waals surface area contributed by atoms with Crippen molar-refractivity contribution in [2.24, 2.45) is 0 Å². The maximum absolute atomic E-state index is 11.4. The summed E-state index contributed by atoms with van der Waals surface area (Å²) in [6, 6.07) is 4.79. The molecule has 0 saturated heterocycles. The van der Waals surface area contributed by atoms with Gasteiger partial charge < -0.3 is 0 Å². The minimum Gasteiger partial charge on any atom is -0.298 e. The number of carbonyl (C=O) groups is 1. The molecule has 0 aliphatic rings. The molecule has 0 saturated carbocycles. The minimum absolute atomic E-state index is 0.000672. The Balaban J connectivity index is 2.43. The lowest BCUT2D eigenvalue weighted by Gasteiger charge is -1.96. The van der Waals surface area contributed by atoms with Gasteiger partial charge in [-0.2, -0.15) is 12.6 Å². The Morgan fingerprint density at radius 1 is 1.44 bits per heavy atom. The number of Topliss-reactive ketones (excluding diaryl/α,β-unsaturated/α-hetero) is 1. The summed E-state index contributed by atoms with van der Waals surface area (Å²) in [6.45, 7) is 0. The van der Waals surface area contributed by atoms with E-state index in [9.17, 15) is 13.2 Å². The minimum atomic E-state index is -3.21. The number of aromatic nitrogens is 1. The summed E-state index contributed by atoms with van der Waals surface area (Å²) in [5, 5.41) is 0.690. The molecule has 18 heavy (non-hydrogen) atoms. The molecule has 1 heterocycles. The first kappa shape index (κ1) is 13.5. The number of rotatable bonds is 4. The predicted octanol–water partition coefficient (Wildman–Crippen LogP) is 1.74. The number of hydrogen-bond donors (Lipinski definition) is 1. The van der Waals surface area contributed by atoms with Gasteiger partial charge >= 0.3 is 0 Å². The summed E-state index contributed by atoms with van der Waals surface area (Å²) in [6.07, 6.45) is 1.41. The molecule has 1 aromatic carbocycles. The summed E-state index contributed by atoms with van der Waals surface area (Å²) in [7, 11) is -3.21. The van der Waals surface area contributed by atoms with Crippen molar-refractivity contribution in [3.05, 3.63) is 23.2 Å². The average Bonchev–Trinajstić information content (AvgIpc) is 2.68. The maximum Gasteiger partial charge on any atom is 0.175 e. The lowest BCUT2D eigenvalue weighted by atomic mass is 10.3. The van der Waals surface area contributed by atoms with Crippen LogP contribution in [0.5, 0.6) is 0 Å². The molecule has 0 radical (unpaired) electrons. The molecule has 1 aromatic heterocycles. The standard InChI is InChI=1S/C11H11NO3S3/c1-18(14,15)8-2-3-9-10(5-8)17-11(12-9)4-7(13)6-16/h2-3,5,16H,4,6H2,1H3. The van der Waals surface area contributed by atoms with Crippen molar-refractivity contribution in [2.45, 2.75) is 11.3 Å². The Bertz CT molecular complexity index is 703. The van der Waals surface area contributed by atoms with Crippen LogP contribution in [0, 0.1) is 0 Å². The highest BCUT2D eigenvalue weighted by Crippen LogP contribution is 2.25. The van der Waals surface area contributed by atoms with Gasteiger partial charge in [-0.1, -0.05) is 0 Å². The van der Waals surface area contributed by atoms with Gasteiger partial charge in [0.2, 0.25) is 0 Å². The van der Waals surface area contributed by atoms with E-state index in [-0.39, 0.29) is 22.9 Å². The van der Waals surface area contributed by atoms with Crippen molar-refractivity contribution in [1.82, 2.24) is 4.98 Å². The zero-order valence-corrected chi connectivity index (χ0v) is 12.1. The van der Waals surface area contributed by atoms with Gasteiger partial charge in [0.1, 0.15) is 10.8 Å². The predicted molar refractivity (Wildman–Crippen MR) is 75.3 cm³/mol. The molecular weight excluding hydrogens is 290 g/mol. The highest BCUT2D eigenvalue weighted by molar-refractivity contribution is 7.90. The first-order valence-electron chi connectivity index (χ1n) is 5.12. The number of nitrogens with zero attached hydrogens (tertiary/aromatic N) is 1. The lowest BCUT2D eigenvalue weighted by Crippen LogP contribution is -2.02. The summed E-state index contributed by atoms with van der Waals surface area (Å²) in [5.41, 5.74) is 0.717. The van der Waals surface area contributed by atoms with E-state index in [1.807, 2.05) is 0 Å². The van der Waals surface area contributed by atoms with Crippen molar-refractivity contribution in [1.29, 1.82) is 0 Å². The van der Waals surface area contributed by atoms with Crippen LogP contribution in [-0.2, 0) is 21.1 Å². The summed E-state index contributed by atoms with van der Waals surface area (Å²) >= 11 is 5.25. The quantitative estimate of drug-likeness (QED) is 0.874. The Kier molecular flexibility index (Phi) is 3.74. The van der Waals surface area contributed by atoms with Gasteiger partial charge in [0.05, 0.1) is 21.5 Å². The third kappa shape index (κ3) is 2.90. The monoisotopic (exact) mass is 301 g/mol. The number of benzene rings is 1. The number of sulfone groups is 1. The molecule has 0 aliphatic heterocycles. The van der Waals surface area contributed by atoms with Crippen LogP contribution < -0.4 is 0 Å². The molecule has 0 amide bonds. The topological polar surface area (TPSA) is 64.1 Å². The van der Waals surface area contributed by atoms with Crippen LogP contribution >= 0.6 is 24.0 Å². The van der Waals surface area contributed by atoms with E-state index in [0.717, 1.165) is 10.2 Å². The molecule has 2 aromatic rings. The van der Waals surface area contributed by atoms with E-state index in [0.29, 0.717) is 5.01 Å². The third-order valence-corrected chi connectivity index (χ3v) is 4.84. The number of hydrogen-bond acceptors (Lipinski definition) is 6. The smallest absolute Gasteiger partial charge is 0.175 e. The molecule has 2 rings (SSSR count). The normalized spacial score (nSPS) is 11.9. The molecular formula is C11H11NO3S3. The van der Waals surface area contributed by atoms with E-state index < -0.39 is 9.84 Å². The number of fused-ring (bicyclic) bond motifs is 1. The number of thiol groups is 1. The fourth-order valence-corrected chi connectivity index (χ4v) is 3.35. The Labute approximate surface area is 114 Å². The summed E-state index contributed by atoms with van der Waals surface area (Å²) in [4.78, 5) is 15.8. The molecule has 4 nitrogen and oxygen atoms in total. The van der Waals surface area contributed by atoms with E-state index in [1.54, 1.807) is 12.1 Å². The number of ketones is 1. The van der Waals surface area contributed by atoms with Crippen LogP contribution in [0.25, 0.3) is 10.2 Å². The van der Waals surface area contributed by atoms with E-state index >= 15 is 0 Å². The van der Waals surface area contributed by atoms with Gasteiger partial charge in [0, 0.05) is 12.0 Å². The Morgan fingerprint density at radius 2 is 2.17 bits per heavy atom. The van der Waals surface area contributed by atoms with Crippen molar-refractivity contribution >= 4 is 49.8 Å². The van der Waals surface area contributed by atoms with Crippen molar-refractivity contribution in [3.8, 4) is 0 Å². The van der Waals surface area contributed by atoms with Gasteiger partial charge in [-0.15, -0.1) is 11.3 Å². The van der Waals surface area contributed by atoms with Crippen LogP contribution in [0.1, 0.15) is 5.01 Å². The van der Waals surface area contributed by atoms with E-state index in [1.165, 1.54) is 23.7 Å². The van der Waals surface area contributed by atoms with Crippen LogP contribution in [0.4, 0.5) is 0 Å². The van der Waals surface area contributed by atoms with E-state index in [4.69, 9.17) is 0 Å². The number of carbonyl (C=O) groups excluding carboxylic acids is 1. The Hall–Kier alpha value is -0.920. The zero-order valence-electron chi connectivity index (χ0n) is 9.58. The average molecular weight is 301 g/mol. The molecule has 0 unspecified atom stereocenters. The molecule has 96 valence electrons. The molecule has 0 bridgehead atoms. The fraction of sp³-hybridized carbons (Fsp3) is 0.273. The van der Waals surface area contributed by atoms with Gasteiger partial charge in [0.15, 0.2) is 9.84 Å². The van der Waals surface area contributed by atoms with Gasteiger partial charge in [-0.25, -0.2) is 13.4 Å². The van der Waals surface area contributed by atoms with Crippen molar-refractivity contribution < 1.29 is 13.2 Å². The van der Waals surface area contributed by atoms with Crippen LogP contribution in [0.15, 0.2) is 23.1 Å². The highest BCUT2D eigenvalue weighted by atomic mass is 32.2. The number of thiazole rings is 1. The molecule has 0 fully saturated rings. The highest BCUT2D eigenvalue weighted by Gasteiger charge is 2.12. The fourth-order valence-electron chi connectivity index (χ4n) is 1.48. The second-order valence-corrected chi connectivity index (χ2v) is 7.33.